The van der Waals surface area contributed by atoms with Gasteiger partial charge in [0.2, 0.25) is 0 Å². The van der Waals surface area contributed by atoms with Crippen molar-refractivity contribution < 1.29 is 14.3 Å². The first-order valence-corrected chi connectivity index (χ1v) is 9.71. The largest absolute Gasteiger partial charge is 0.497 e. The average Bonchev–Trinajstić information content (AvgIpc) is 3.47. The Hall–Kier alpha value is -4.07. The van der Waals surface area contributed by atoms with Crippen LogP contribution in [0.3, 0.4) is 0 Å². The normalized spacial score (nSPS) is 11.7. The number of hydrogen-bond acceptors (Lipinski definition) is 5. The summed E-state index contributed by atoms with van der Waals surface area (Å²) in [5, 5.41) is 10.2. The topological polar surface area (TPSA) is 94.1 Å². The highest BCUT2D eigenvalue weighted by Crippen LogP contribution is 2.26. The van der Waals surface area contributed by atoms with Crippen LogP contribution in [0.2, 0.25) is 0 Å². The third-order valence-corrected chi connectivity index (χ3v) is 5.01. The van der Waals surface area contributed by atoms with Crippen molar-refractivity contribution in [2.45, 2.75) is 6.04 Å². The number of nitrogens with one attached hydrogen (secondary N) is 2. The molecule has 31 heavy (non-hydrogen) atoms. The Labute approximate surface area is 179 Å². The lowest BCUT2D eigenvalue weighted by molar-refractivity contribution is 0.0936. The molecule has 1 amide bonds. The van der Waals surface area contributed by atoms with Crippen LogP contribution in [-0.2, 0) is 7.05 Å². The number of benzene rings is 2. The molecule has 0 aliphatic carbocycles. The summed E-state index contributed by atoms with van der Waals surface area (Å²) >= 11 is 0. The Morgan fingerprint density at radius 2 is 1.81 bits per heavy atom. The smallest absolute Gasteiger partial charge is 0.270 e. The zero-order chi connectivity index (χ0) is 21.8. The third kappa shape index (κ3) is 4.28. The Morgan fingerprint density at radius 1 is 1.06 bits per heavy atom. The van der Waals surface area contributed by atoms with Crippen LogP contribution in [0.25, 0.3) is 11.3 Å². The second kappa shape index (κ2) is 8.74. The van der Waals surface area contributed by atoms with Gasteiger partial charge in [-0.2, -0.15) is 5.10 Å². The van der Waals surface area contributed by atoms with Crippen LogP contribution in [0.15, 0.2) is 67.0 Å². The fourth-order valence-electron chi connectivity index (χ4n) is 3.35. The number of nitrogens with zero attached hydrogens (tertiary/aromatic N) is 3. The van der Waals surface area contributed by atoms with E-state index in [9.17, 15) is 4.79 Å². The summed E-state index contributed by atoms with van der Waals surface area (Å²) in [7, 11) is 5.11. The number of aryl methyl sites for hydroxylation is 1. The Kier molecular flexibility index (Phi) is 5.70. The van der Waals surface area contributed by atoms with Crippen LogP contribution in [0.4, 0.5) is 0 Å². The molecule has 4 rings (SSSR count). The molecule has 0 fully saturated rings. The molecule has 158 valence electrons. The van der Waals surface area contributed by atoms with Gasteiger partial charge in [-0.05, 0) is 35.9 Å². The van der Waals surface area contributed by atoms with Gasteiger partial charge in [-0.1, -0.05) is 24.3 Å². The van der Waals surface area contributed by atoms with Gasteiger partial charge in [0.05, 0.1) is 19.9 Å². The Bertz CT molecular complexity index is 1200. The molecule has 8 nitrogen and oxygen atoms in total. The van der Waals surface area contributed by atoms with Crippen molar-refractivity contribution in [1.82, 2.24) is 25.1 Å². The van der Waals surface area contributed by atoms with E-state index in [4.69, 9.17) is 9.47 Å². The number of rotatable bonds is 7. The van der Waals surface area contributed by atoms with E-state index in [0.717, 1.165) is 16.9 Å². The van der Waals surface area contributed by atoms with Crippen molar-refractivity contribution in [2.24, 2.45) is 7.05 Å². The minimum atomic E-state index is -0.467. The van der Waals surface area contributed by atoms with Crippen molar-refractivity contribution in [3.63, 3.8) is 0 Å². The van der Waals surface area contributed by atoms with Crippen LogP contribution in [0.1, 0.15) is 27.9 Å². The van der Waals surface area contributed by atoms with Gasteiger partial charge in [0.25, 0.3) is 5.91 Å². The number of hydrogen-bond donors (Lipinski definition) is 2. The van der Waals surface area contributed by atoms with Gasteiger partial charge in [-0.25, -0.2) is 4.98 Å². The number of imidazole rings is 1. The number of amides is 1. The monoisotopic (exact) mass is 417 g/mol. The summed E-state index contributed by atoms with van der Waals surface area (Å²) in [6.07, 6.45) is 3.54. The number of aromatic amines is 1. The van der Waals surface area contributed by atoms with E-state index in [-0.39, 0.29) is 5.91 Å². The van der Waals surface area contributed by atoms with E-state index in [1.807, 2.05) is 66.3 Å². The van der Waals surface area contributed by atoms with Crippen molar-refractivity contribution in [3.8, 4) is 22.8 Å². The van der Waals surface area contributed by atoms with Crippen molar-refractivity contribution >= 4 is 5.91 Å². The first-order valence-electron chi connectivity index (χ1n) is 9.71. The molecule has 0 aliphatic heterocycles. The van der Waals surface area contributed by atoms with Crippen LogP contribution in [-0.4, -0.2) is 39.9 Å². The molecule has 0 bridgehead atoms. The molecule has 4 aromatic rings. The number of carbonyl (C=O) groups excluding carboxylic acids is 1. The van der Waals surface area contributed by atoms with Gasteiger partial charge in [0.1, 0.15) is 29.1 Å². The van der Waals surface area contributed by atoms with E-state index in [1.54, 1.807) is 26.5 Å². The highest BCUT2D eigenvalue weighted by Gasteiger charge is 2.23. The molecule has 2 aromatic heterocycles. The number of methoxy groups -OCH3 is 2. The number of ether oxygens (including phenoxy) is 2. The number of aromatic nitrogens is 4. The zero-order valence-electron chi connectivity index (χ0n) is 17.5. The van der Waals surface area contributed by atoms with Gasteiger partial charge >= 0.3 is 0 Å². The van der Waals surface area contributed by atoms with Crippen molar-refractivity contribution in [2.75, 3.05) is 14.2 Å². The molecule has 2 aromatic carbocycles. The molecule has 0 radical (unpaired) electrons. The minimum Gasteiger partial charge on any atom is -0.497 e. The van der Waals surface area contributed by atoms with Crippen molar-refractivity contribution in [1.29, 1.82) is 0 Å². The maximum Gasteiger partial charge on any atom is 0.270 e. The molecular weight excluding hydrogens is 394 g/mol. The predicted molar refractivity (Wildman–Crippen MR) is 116 cm³/mol. The first-order chi connectivity index (χ1) is 15.1. The lowest BCUT2D eigenvalue weighted by Gasteiger charge is -2.19. The molecule has 2 heterocycles. The van der Waals surface area contributed by atoms with Gasteiger partial charge in [0.15, 0.2) is 0 Å². The quantitative estimate of drug-likeness (QED) is 0.481. The van der Waals surface area contributed by atoms with E-state index in [1.165, 1.54) is 0 Å². The third-order valence-electron chi connectivity index (χ3n) is 5.01. The minimum absolute atomic E-state index is 0.294. The lowest BCUT2D eigenvalue weighted by Crippen LogP contribution is -2.31. The SMILES string of the molecule is COc1cccc(-c2cc(C(=O)NC(c3cccc(OC)c3)c3nccn3C)[nH]n2)c1. The lowest BCUT2D eigenvalue weighted by atomic mass is 10.1. The highest BCUT2D eigenvalue weighted by atomic mass is 16.5. The maximum absolute atomic E-state index is 13.1. The highest BCUT2D eigenvalue weighted by molar-refractivity contribution is 5.93. The summed E-state index contributed by atoms with van der Waals surface area (Å²) in [5.74, 6) is 1.83. The summed E-state index contributed by atoms with van der Waals surface area (Å²) in [6, 6.07) is 16.3. The second-order valence-electron chi connectivity index (χ2n) is 6.98. The molecule has 0 saturated carbocycles. The summed E-state index contributed by atoms with van der Waals surface area (Å²) in [6.45, 7) is 0. The fraction of sp³-hybridized carbons (Fsp3) is 0.174. The zero-order valence-corrected chi connectivity index (χ0v) is 17.5. The Balaban J connectivity index is 1.62. The molecule has 1 atom stereocenters. The average molecular weight is 417 g/mol. The molecular formula is C23H23N5O3. The van der Waals surface area contributed by atoms with Crippen LogP contribution >= 0.6 is 0 Å². The molecule has 8 heteroatoms. The number of carbonyl (C=O) groups is 1. The van der Waals surface area contributed by atoms with Gasteiger partial charge in [-0.3, -0.25) is 9.89 Å². The first kappa shape index (κ1) is 20.2. The second-order valence-corrected chi connectivity index (χ2v) is 6.98. The Morgan fingerprint density at radius 3 is 2.52 bits per heavy atom. The molecule has 1 unspecified atom stereocenters. The van der Waals surface area contributed by atoms with Gasteiger partial charge < -0.3 is 19.4 Å². The maximum atomic E-state index is 13.1. The van der Waals surface area contributed by atoms with Crippen LogP contribution < -0.4 is 14.8 Å². The van der Waals surface area contributed by atoms with E-state index >= 15 is 0 Å². The standard InChI is InChI=1S/C23H23N5O3/c1-28-11-10-24-22(28)21(16-7-5-9-18(13-16)31-3)25-23(29)20-14-19(26-27-20)15-6-4-8-17(12-15)30-2/h4-14,21H,1-3H3,(H,25,29)(H,26,27). The van der Waals surface area contributed by atoms with Crippen LogP contribution in [0, 0.1) is 0 Å². The predicted octanol–water partition coefficient (Wildman–Crippen LogP) is 3.35. The molecule has 0 aliphatic rings. The summed E-state index contributed by atoms with van der Waals surface area (Å²) in [5.41, 5.74) is 2.71. The molecule has 2 N–H and O–H groups in total. The number of H-pyrrole nitrogens is 1. The van der Waals surface area contributed by atoms with E-state index in [2.05, 4.69) is 20.5 Å². The summed E-state index contributed by atoms with van der Waals surface area (Å²) < 4.78 is 12.5. The molecule has 0 saturated heterocycles. The van der Waals surface area contributed by atoms with Gasteiger partial charge in [-0.15, -0.1) is 0 Å². The molecule has 0 spiro atoms. The fourth-order valence-corrected chi connectivity index (χ4v) is 3.35. The van der Waals surface area contributed by atoms with Gasteiger partial charge in [0, 0.05) is 25.0 Å². The van der Waals surface area contributed by atoms with E-state index in [0.29, 0.717) is 23.0 Å². The van der Waals surface area contributed by atoms with Crippen LogP contribution in [0.5, 0.6) is 11.5 Å². The van der Waals surface area contributed by atoms with E-state index < -0.39 is 6.04 Å². The summed E-state index contributed by atoms with van der Waals surface area (Å²) in [4.78, 5) is 17.5. The van der Waals surface area contributed by atoms with Crippen molar-refractivity contribution in [3.05, 3.63) is 84.1 Å².